The molecule has 23 heavy (non-hydrogen) atoms. The average molecular weight is 314 g/mol. The van der Waals surface area contributed by atoms with E-state index < -0.39 is 0 Å². The minimum Gasteiger partial charge on any atom is -0.374 e. The van der Waals surface area contributed by atoms with Gasteiger partial charge in [-0.1, -0.05) is 30.3 Å². The van der Waals surface area contributed by atoms with Gasteiger partial charge < -0.3 is 15.0 Å². The van der Waals surface area contributed by atoms with Crippen LogP contribution in [-0.4, -0.2) is 46.5 Å². The molecule has 1 aromatic heterocycles. The Labute approximate surface area is 136 Å². The molecule has 2 aromatic rings. The molecule has 1 saturated heterocycles. The molecule has 1 N–H and O–H groups in total. The Morgan fingerprint density at radius 3 is 2.91 bits per heavy atom. The highest BCUT2D eigenvalue weighted by Gasteiger charge is 2.24. The molecular formula is C17H22N4O2. The number of urea groups is 1. The number of benzene rings is 1. The second kappa shape index (κ2) is 7.28. The first kappa shape index (κ1) is 15.6. The van der Waals surface area contributed by atoms with Gasteiger partial charge in [0, 0.05) is 32.8 Å². The molecule has 2 heterocycles. The molecule has 1 aromatic carbocycles. The Kier molecular flexibility index (Phi) is 4.92. The fourth-order valence-electron chi connectivity index (χ4n) is 2.76. The number of carbonyl (C=O) groups excluding carboxylic acids is 1. The number of ether oxygens (including phenoxy) is 1. The standard InChI is InChI=1S/C17H22N4O2/c1-20-15(7-8-19-20)12-18-17(22)21-9-10-23-16(13-21)11-14-5-3-2-4-6-14/h2-8,16H,9-13H2,1H3,(H,18,22)/t16-/m0/s1. The molecule has 1 aliphatic rings. The molecule has 0 radical (unpaired) electrons. The summed E-state index contributed by atoms with van der Waals surface area (Å²) in [5, 5.41) is 7.05. The van der Waals surface area contributed by atoms with E-state index in [1.165, 1.54) is 5.56 Å². The largest absolute Gasteiger partial charge is 0.374 e. The lowest BCUT2D eigenvalue weighted by Crippen LogP contribution is -2.50. The van der Waals surface area contributed by atoms with Crippen LogP contribution >= 0.6 is 0 Å². The van der Waals surface area contributed by atoms with Crippen LogP contribution in [0.1, 0.15) is 11.3 Å². The van der Waals surface area contributed by atoms with Crippen molar-refractivity contribution in [1.82, 2.24) is 20.0 Å². The molecule has 122 valence electrons. The summed E-state index contributed by atoms with van der Waals surface area (Å²) >= 11 is 0. The second-order valence-electron chi connectivity index (χ2n) is 5.73. The van der Waals surface area contributed by atoms with Crippen molar-refractivity contribution in [3.63, 3.8) is 0 Å². The predicted octanol–water partition coefficient (Wildman–Crippen LogP) is 1.57. The first-order valence-electron chi connectivity index (χ1n) is 7.87. The van der Waals surface area contributed by atoms with Crippen LogP contribution in [0.2, 0.25) is 0 Å². The number of carbonyl (C=O) groups is 1. The first-order chi connectivity index (χ1) is 11.2. The van der Waals surface area contributed by atoms with Gasteiger partial charge in [-0.2, -0.15) is 5.10 Å². The molecule has 0 saturated carbocycles. The summed E-state index contributed by atoms with van der Waals surface area (Å²) in [6, 6.07) is 12.1. The molecule has 2 amide bonds. The van der Waals surface area contributed by atoms with Gasteiger partial charge in [-0.3, -0.25) is 4.68 Å². The van der Waals surface area contributed by atoms with E-state index in [0.29, 0.717) is 26.2 Å². The van der Waals surface area contributed by atoms with Crippen LogP contribution < -0.4 is 5.32 Å². The summed E-state index contributed by atoms with van der Waals surface area (Å²) in [5.41, 5.74) is 2.21. The van der Waals surface area contributed by atoms with E-state index in [9.17, 15) is 4.79 Å². The van der Waals surface area contributed by atoms with Gasteiger partial charge in [0.15, 0.2) is 0 Å². The Bertz CT molecular complexity index is 641. The summed E-state index contributed by atoms with van der Waals surface area (Å²) in [4.78, 5) is 14.2. The van der Waals surface area contributed by atoms with Crippen molar-refractivity contribution in [2.75, 3.05) is 19.7 Å². The lowest BCUT2D eigenvalue weighted by molar-refractivity contribution is -0.0133. The van der Waals surface area contributed by atoms with Gasteiger partial charge in [0.25, 0.3) is 0 Å². The van der Waals surface area contributed by atoms with Crippen LogP contribution in [0.5, 0.6) is 0 Å². The summed E-state index contributed by atoms with van der Waals surface area (Å²) in [5.74, 6) is 0. The van der Waals surface area contributed by atoms with E-state index in [1.54, 1.807) is 10.9 Å². The molecule has 0 bridgehead atoms. The minimum atomic E-state index is -0.0486. The van der Waals surface area contributed by atoms with Gasteiger partial charge in [0.1, 0.15) is 0 Å². The normalized spacial score (nSPS) is 18.0. The number of morpholine rings is 1. The number of aryl methyl sites for hydroxylation is 1. The van der Waals surface area contributed by atoms with Crippen molar-refractivity contribution in [2.45, 2.75) is 19.1 Å². The monoisotopic (exact) mass is 314 g/mol. The minimum absolute atomic E-state index is 0.0486. The zero-order chi connectivity index (χ0) is 16.1. The van der Waals surface area contributed by atoms with Crippen molar-refractivity contribution in [1.29, 1.82) is 0 Å². The zero-order valence-electron chi connectivity index (χ0n) is 13.3. The number of aromatic nitrogens is 2. The van der Waals surface area contributed by atoms with E-state index >= 15 is 0 Å². The fraction of sp³-hybridized carbons (Fsp3) is 0.412. The molecule has 6 heteroatoms. The van der Waals surface area contributed by atoms with Gasteiger partial charge in [-0.15, -0.1) is 0 Å². The predicted molar refractivity (Wildman–Crippen MR) is 86.9 cm³/mol. The second-order valence-corrected chi connectivity index (χ2v) is 5.73. The van der Waals surface area contributed by atoms with Gasteiger partial charge in [-0.25, -0.2) is 4.79 Å². The van der Waals surface area contributed by atoms with Crippen LogP contribution in [-0.2, 0) is 24.8 Å². The summed E-state index contributed by atoms with van der Waals surface area (Å²) < 4.78 is 7.56. The van der Waals surface area contributed by atoms with E-state index in [4.69, 9.17) is 4.74 Å². The Balaban J connectivity index is 1.51. The zero-order valence-corrected chi connectivity index (χ0v) is 13.3. The molecule has 1 fully saturated rings. The molecule has 6 nitrogen and oxygen atoms in total. The third kappa shape index (κ3) is 4.10. The maximum atomic E-state index is 12.3. The van der Waals surface area contributed by atoms with Crippen LogP contribution in [0.15, 0.2) is 42.6 Å². The Morgan fingerprint density at radius 1 is 1.35 bits per heavy atom. The molecule has 0 aliphatic carbocycles. The van der Waals surface area contributed by atoms with Gasteiger partial charge in [0.2, 0.25) is 0 Å². The molecule has 3 rings (SSSR count). The Hall–Kier alpha value is -2.34. The summed E-state index contributed by atoms with van der Waals surface area (Å²) in [6.07, 6.45) is 2.60. The number of hydrogen-bond acceptors (Lipinski definition) is 3. The van der Waals surface area contributed by atoms with Crippen molar-refractivity contribution >= 4 is 6.03 Å². The number of nitrogens with one attached hydrogen (secondary N) is 1. The molecule has 0 spiro atoms. The topological polar surface area (TPSA) is 59.4 Å². The number of rotatable bonds is 4. The summed E-state index contributed by atoms with van der Waals surface area (Å²) in [6.45, 7) is 2.31. The van der Waals surface area contributed by atoms with E-state index in [-0.39, 0.29) is 12.1 Å². The van der Waals surface area contributed by atoms with Gasteiger partial charge in [0.05, 0.1) is 24.9 Å². The lowest BCUT2D eigenvalue weighted by Gasteiger charge is -2.33. The van der Waals surface area contributed by atoms with Crippen LogP contribution in [0, 0.1) is 0 Å². The van der Waals surface area contributed by atoms with E-state index in [1.807, 2.05) is 36.2 Å². The fourth-order valence-corrected chi connectivity index (χ4v) is 2.76. The molecule has 1 atom stereocenters. The maximum absolute atomic E-state index is 12.3. The third-order valence-corrected chi connectivity index (χ3v) is 4.08. The Morgan fingerprint density at radius 2 is 2.17 bits per heavy atom. The smallest absolute Gasteiger partial charge is 0.317 e. The number of hydrogen-bond donors (Lipinski definition) is 1. The van der Waals surface area contributed by atoms with Gasteiger partial charge >= 0.3 is 6.03 Å². The quantitative estimate of drug-likeness (QED) is 0.932. The van der Waals surface area contributed by atoms with Crippen LogP contribution in [0.25, 0.3) is 0 Å². The third-order valence-electron chi connectivity index (χ3n) is 4.08. The number of nitrogens with zero attached hydrogens (tertiary/aromatic N) is 3. The summed E-state index contributed by atoms with van der Waals surface area (Å²) in [7, 11) is 1.87. The SMILES string of the molecule is Cn1nccc1CNC(=O)N1CCO[C@@H](Cc2ccccc2)C1. The maximum Gasteiger partial charge on any atom is 0.317 e. The van der Waals surface area contributed by atoms with Crippen LogP contribution in [0.3, 0.4) is 0 Å². The first-order valence-corrected chi connectivity index (χ1v) is 7.87. The van der Waals surface area contributed by atoms with Crippen molar-refractivity contribution < 1.29 is 9.53 Å². The highest BCUT2D eigenvalue weighted by atomic mass is 16.5. The van der Waals surface area contributed by atoms with Crippen molar-refractivity contribution in [2.24, 2.45) is 7.05 Å². The van der Waals surface area contributed by atoms with Crippen LogP contribution in [0.4, 0.5) is 4.79 Å². The number of amides is 2. The van der Waals surface area contributed by atoms with E-state index in [2.05, 4.69) is 22.5 Å². The van der Waals surface area contributed by atoms with Crippen molar-refractivity contribution in [3.05, 3.63) is 53.9 Å². The average Bonchev–Trinajstić information content (AvgIpc) is 2.99. The highest BCUT2D eigenvalue weighted by molar-refractivity contribution is 5.74. The van der Waals surface area contributed by atoms with E-state index in [0.717, 1.165) is 12.1 Å². The van der Waals surface area contributed by atoms with Crippen molar-refractivity contribution in [3.8, 4) is 0 Å². The highest BCUT2D eigenvalue weighted by Crippen LogP contribution is 2.12. The van der Waals surface area contributed by atoms with Gasteiger partial charge in [-0.05, 0) is 11.6 Å². The lowest BCUT2D eigenvalue weighted by atomic mass is 10.1. The molecule has 0 unspecified atom stereocenters. The molecule has 1 aliphatic heterocycles. The molecular weight excluding hydrogens is 292 g/mol.